The molecular weight excluding hydrogens is 248 g/mol. The first kappa shape index (κ1) is 13.2. The van der Waals surface area contributed by atoms with Gasteiger partial charge in [-0.1, -0.05) is 42.5 Å². The highest BCUT2D eigenvalue weighted by molar-refractivity contribution is 5.83. The number of rotatable bonds is 4. The Morgan fingerprint density at radius 2 is 2.00 bits per heavy atom. The maximum atomic E-state index is 5.72. The Hall–Kier alpha value is -1.84. The largest absolute Gasteiger partial charge is 0.501 e. The van der Waals surface area contributed by atoms with Crippen LogP contribution in [0.5, 0.6) is 0 Å². The monoisotopic (exact) mass is 268 g/mol. The highest BCUT2D eigenvalue weighted by atomic mass is 16.5. The van der Waals surface area contributed by atoms with Gasteiger partial charge in [0.2, 0.25) is 0 Å². The molecule has 2 aromatic rings. The van der Waals surface area contributed by atoms with E-state index in [1.807, 2.05) is 6.26 Å². The van der Waals surface area contributed by atoms with Crippen LogP contribution < -0.4 is 11.3 Å². The molecule has 20 heavy (non-hydrogen) atoms. The molecule has 0 aliphatic carbocycles. The molecule has 1 aliphatic rings. The Morgan fingerprint density at radius 3 is 2.75 bits per heavy atom. The molecule has 0 saturated carbocycles. The fourth-order valence-corrected chi connectivity index (χ4v) is 2.74. The fourth-order valence-electron chi connectivity index (χ4n) is 2.74. The quantitative estimate of drug-likeness (QED) is 0.662. The Bertz CT molecular complexity index is 621. The summed E-state index contributed by atoms with van der Waals surface area (Å²) in [5.74, 6) is 5.72. The first-order chi connectivity index (χ1) is 9.86. The maximum Gasteiger partial charge on any atom is 0.0876 e. The number of hydrogen-bond acceptors (Lipinski definition) is 3. The van der Waals surface area contributed by atoms with E-state index in [1.54, 1.807) is 0 Å². The van der Waals surface area contributed by atoms with E-state index in [2.05, 4.69) is 47.9 Å². The Balaban J connectivity index is 1.81. The van der Waals surface area contributed by atoms with Crippen LogP contribution in [-0.4, -0.2) is 12.6 Å². The zero-order valence-corrected chi connectivity index (χ0v) is 11.5. The average molecular weight is 268 g/mol. The second-order valence-electron chi connectivity index (χ2n) is 5.27. The molecule has 0 bridgehead atoms. The fraction of sp³-hybridized carbons (Fsp3) is 0.294. The first-order valence-electron chi connectivity index (χ1n) is 7.11. The van der Waals surface area contributed by atoms with Gasteiger partial charge in [0.05, 0.1) is 12.9 Å². The van der Waals surface area contributed by atoms with Gasteiger partial charge in [0.1, 0.15) is 0 Å². The van der Waals surface area contributed by atoms with Crippen molar-refractivity contribution < 1.29 is 4.74 Å². The summed E-state index contributed by atoms with van der Waals surface area (Å²) in [5, 5.41) is 2.54. The van der Waals surface area contributed by atoms with Crippen molar-refractivity contribution in [2.75, 3.05) is 6.61 Å². The lowest BCUT2D eigenvalue weighted by atomic mass is 9.95. The third kappa shape index (κ3) is 2.84. The van der Waals surface area contributed by atoms with Gasteiger partial charge in [-0.3, -0.25) is 11.3 Å². The molecular formula is C17H20N2O. The summed E-state index contributed by atoms with van der Waals surface area (Å²) in [6.45, 7) is 0.816. The van der Waals surface area contributed by atoms with E-state index in [-0.39, 0.29) is 6.04 Å². The summed E-state index contributed by atoms with van der Waals surface area (Å²) in [6.07, 6.45) is 4.88. The number of nitrogens with one attached hydrogen (secondary N) is 1. The van der Waals surface area contributed by atoms with Crippen molar-refractivity contribution >= 4 is 10.8 Å². The van der Waals surface area contributed by atoms with Crippen LogP contribution in [-0.2, 0) is 11.2 Å². The zero-order chi connectivity index (χ0) is 13.8. The van der Waals surface area contributed by atoms with Crippen molar-refractivity contribution in [3.8, 4) is 0 Å². The van der Waals surface area contributed by atoms with Crippen LogP contribution in [0.4, 0.5) is 0 Å². The lowest BCUT2D eigenvalue weighted by Gasteiger charge is -2.22. The van der Waals surface area contributed by atoms with Gasteiger partial charge in [-0.05, 0) is 41.2 Å². The second-order valence-corrected chi connectivity index (χ2v) is 5.27. The molecule has 0 saturated heterocycles. The molecule has 1 heterocycles. The van der Waals surface area contributed by atoms with E-state index < -0.39 is 0 Å². The van der Waals surface area contributed by atoms with Crippen LogP contribution in [0.25, 0.3) is 10.8 Å². The Morgan fingerprint density at radius 1 is 1.15 bits per heavy atom. The number of fused-ring (bicyclic) bond motifs is 1. The predicted octanol–water partition coefficient (Wildman–Crippen LogP) is 2.91. The molecule has 3 heteroatoms. The van der Waals surface area contributed by atoms with Crippen molar-refractivity contribution in [2.24, 2.45) is 5.84 Å². The smallest absolute Gasteiger partial charge is 0.0876 e. The molecule has 2 aromatic carbocycles. The van der Waals surface area contributed by atoms with Gasteiger partial charge in [0.25, 0.3) is 0 Å². The van der Waals surface area contributed by atoms with Gasteiger partial charge < -0.3 is 4.74 Å². The standard InChI is InChI=1S/C17H20N2O/c18-19-17(16-6-3-9-20-12-16)11-13-7-8-14-4-1-2-5-15(14)10-13/h1-2,4-5,7-8,10,12,17,19H,3,6,9,11,18H2. The highest BCUT2D eigenvalue weighted by Crippen LogP contribution is 2.21. The number of benzene rings is 2. The van der Waals surface area contributed by atoms with Crippen LogP contribution in [0.3, 0.4) is 0 Å². The van der Waals surface area contributed by atoms with E-state index in [0.717, 1.165) is 25.9 Å². The summed E-state index contributed by atoms with van der Waals surface area (Å²) in [4.78, 5) is 0. The third-order valence-electron chi connectivity index (χ3n) is 3.86. The van der Waals surface area contributed by atoms with E-state index >= 15 is 0 Å². The summed E-state index contributed by atoms with van der Waals surface area (Å²) in [5.41, 5.74) is 5.47. The Kier molecular flexibility index (Phi) is 4.00. The summed E-state index contributed by atoms with van der Waals surface area (Å²) < 4.78 is 5.42. The van der Waals surface area contributed by atoms with Gasteiger partial charge in [0.15, 0.2) is 0 Å². The van der Waals surface area contributed by atoms with E-state index in [9.17, 15) is 0 Å². The van der Waals surface area contributed by atoms with Gasteiger partial charge in [-0.2, -0.15) is 0 Å². The molecule has 104 valence electrons. The average Bonchev–Trinajstić information content (AvgIpc) is 2.53. The zero-order valence-electron chi connectivity index (χ0n) is 11.5. The minimum atomic E-state index is 0.150. The number of ether oxygens (including phenoxy) is 1. The molecule has 0 amide bonds. The SMILES string of the molecule is NNC(Cc1ccc2ccccc2c1)C1=COCCC1. The summed E-state index contributed by atoms with van der Waals surface area (Å²) >= 11 is 0. The maximum absolute atomic E-state index is 5.72. The van der Waals surface area contributed by atoms with Gasteiger partial charge in [-0.15, -0.1) is 0 Å². The molecule has 0 aromatic heterocycles. The molecule has 1 unspecified atom stereocenters. The minimum absolute atomic E-state index is 0.150. The van der Waals surface area contributed by atoms with Crippen molar-refractivity contribution in [1.29, 1.82) is 0 Å². The molecule has 1 atom stereocenters. The van der Waals surface area contributed by atoms with Crippen molar-refractivity contribution in [2.45, 2.75) is 25.3 Å². The molecule has 3 N–H and O–H groups in total. The van der Waals surface area contributed by atoms with Crippen LogP contribution in [0.2, 0.25) is 0 Å². The summed E-state index contributed by atoms with van der Waals surface area (Å²) in [6, 6.07) is 15.2. The lowest BCUT2D eigenvalue weighted by Crippen LogP contribution is -2.39. The number of nitrogens with two attached hydrogens (primary N) is 1. The lowest BCUT2D eigenvalue weighted by molar-refractivity contribution is 0.219. The molecule has 3 rings (SSSR count). The number of hydrogen-bond donors (Lipinski definition) is 2. The van der Waals surface area contributed by atoms with Crippen molar-refractivity contribution in [1.82, 2.24) is 5.43 Å². The topological polar surface area (TPSA) is 47.3 Å². The van der Waals surface area contributed by atoms with Gasteiger partial charge in [-0.25, -0.2) is 0 Å². The van der Waals surface area contributed by atoms with Crippen LogP contribution in [0, 0.1) is 0 Å². The van der Waals surface area contributed by atoms with Crippen molar-refractivity contribution in [3.63, 3.8) is 0 Å². The van der Waals surface area contributed by atoms with Crippen LogP contribution in [0.1, 0.15) is 18.4 Å². The molecule has 3 nitrogen and oxygen atoms in total. The number of hydrazine groups is 1. The van der Waals surface area contributed by atoms with Crippen LogP contribution >= 0.6 is 0 Å². The van der Waals surface area contributed by atoms with E-state index in [4.69, 9.17) is 10.6 Å². The van der Waals surface area contributed by atoms with E-state index in [1.165, 1.54) is 21.9 Å². The molecule has 1 aliphatic heterocycles. The highest BCUT2D eigenvalue weighted by Gasteiger charge is 2.16. The van der Waals surface area contributed by atoms with Crippen molar-refractivity contribution in [3.05, 3.63) is 59.9 Å². The predicted molar refractivity (Wildman–Crippen MR) is 82.0 cm³/mol. The second kappa shape index (κ2) is 6.07. The van der Waals surface area contributed by atoms with Gasteiger partial charge >= 0.3 is 0 Å². The Labute approximate surface area is 119 Å². The first-order valence-corrected chi connectivity index (χ1v) is 7.11. The van der Waals surface area contributed by atoms with Gasteiger partial charge in [0, 0.05) is 6.04 Å². The van der Waals surface area contributed by atoms with E-state index in [0.29, 0.717) is 0 Å². The summed E-state index contributed by atoms with van der Waals surface area (Å²) in [7, 11) is 0. The molecule has 0 fully saturated rings. The normalized spacial score (nSPS) is 16.6. The molecule has 0 spiro atoms. The minimum Gasteiger partial charge on any atom is -0.501 e. The third-order valence-corrected chi connectivity index (χ3v) is 3.86. The molecule has 0 radical (unpaired) electrons. The van der Waals surface area contributed by atoms with Crippen LogP contribution in [0.15, 0.2) is 54.3 Å².